The predicted molar refractivity (Wildman–Crippen MR) is 222 cm³/mol. The van der Waals surface area contributed by atoms with Crippen molar-refractivity contribution in [3.8, 4) is 0 Å². The number of nitrogens with zero attached hydrogens (tertiary/aromatic N) is 1. The predicted octanol–water partition coefficient (Wildman–Crippen LogP) is 12.0. The van der Waals surface area contributed by atoms with Gasteiger partial charge >= 0.3 is 7.82 Å². The Morgan fingerprint density at radius 2 is 1.04 bits per heavy atom. The second-order valence-electron chi connectivity index (χ2n) is 16.4. The number of unbranched alkanes of at least 4 members (excludes halogenated alkanes) is 25. The van der Waals surface area contributed by atoms with Gasteiger partial charge in [-0.2, -0.15) is 0 Å². The van der Waals surface area contributed by atoms with Crippen molar-refractivity contribution in [2.24, 2.45) is 0 Å². The minimum atomic E-state index is -4.31. The van der Waals surface area contributed by atoms with Crippen LogP contribution in [0.1, 0.15) is 206 Å². The standard InChI is InChI=1S/C43H87N2O6P/c1-6-8-10-12-14-16-18-20-22-24-26-28-30-32-34-36-42(46)41(40-51-52(48,49)50-39-38-45(3,4)5)44-43(47)37-35-33-31-29-27-25-23-21-19-17-15-13-11-9-7-2/h17,19,41-42,46H,6-16,18,20-40H2,1-5H3,(H-,44,47,48,49)/p+1/b19-17-. The maximum Gasteiger partial charge on any atom is 0.472 e. The number of nitrogens with one attached hydrogen (secondary N) is 1. The molecule has 1 amide bonds. The SMILES string of the molecule is CCCCCC/C=C\CCCCCCCCCC(=O)NC(COP(=O)(O)OCC[N+](C)(C)C)C(O)CCCCCCCCCCCCCCCCC. The van der Waals surface area contributed by atoms with Gasteiger partial charge in [0.15, 0.2) is 0 Å². The number of allylic oxidation sites excluding steroid dienone is 2. The van der Waals surface area contributed by atoms with Crippen molar-refractivity contribution in [1.82, 2.24) is 5.32 Å². The monoisotopic (exact) mass is 760 g/mol. The summed E-state index contributed by atoms with van der Waals surface area (Å²) in [5, 5.41) is 13.9. The van der Waals surface area contributed by atoms with Crippen LogP contribution in [-0.2, 0) is 18.4 Å². The summed E-state index contributed by atoms with van der Waals surface area (Å²) >= 11 is 0. The molecule has 8 nitrogen and oxygen atoms in total. The van der Waals surface area contributed by atoms with E-state index in [9.17, 15) is 19.4 Å². The highest BCUT2D eigenvalue weighted by Crippen LogP contribution is 2.43. The van der Waals surface area contributed by atoms with Crippen molar-refractivity contribution < 1.29 is 32.9 Å². The van der Waals surface area contributed by atoms with E-state index >= 15 is 0 Å². The van der Waals surface area contributed by atoms with E-state index in [-0.39, 0.29) is 19.1 Å². The molecule has 0 aromatic heterocycles. The van der Waals surface area contributed by atoms with Gasteiger partial charge in [-0.05, 0) is 38.5 Å². The fourth-order valence-electron chi connectivity index (χ4n) is 6.45. The number of quaternary nitrogens is 1. The maximum atomic E-state index is 12.9. The van der Waals surface area contributed by atoms with Gasteiger partial charge in [-0.3, -0.25) is 13.8 Å². The number of aliphatic hydroxyl groups excluding tert-OH is 1. The Bertz CT molecular complexity index is 865. The zero-order valence-electron chi connectivity index (χ0n) is 35.1. The van der Waals surface area contributed by atoms with E-state index in [1.165, 1.54) is 141 Å². The maximum absolute atomic E-state index is 12.9. The Hall–Kier alpha value is -0.760. The van der Waals surface area contributed by atoms with Gasteiger partial charge in [0.1, 0.15) is 13.2 Å². The molecule has 3 unspecified atom stereocenters. The highest BCUT2D eigenvalue weighted by molar-refractivity contribution is 7.47. The number of amides is 1. The van der Waals surface area contributed by atoms with Gasteiger partial charge in [0.25, 0.3) is 0 Å². The molecule has 0 aliphatic rings. The van der Waals surface area contributed by atoms with E-state index in [0.717, 1.165) is 38.5 Å². The van der Waals surface area contributed by atoms with Crippen LogP contribution < -0.4 is 5.32 Å². The van der Waals surface area contributed by atoms with Crippen LogP contribution in [0, 0.1) is 0 Å². The molecular formula is C43H88N2O6P+. The van der Waals surface area contributed by atoms with Crippen LogP contribution in [0.5, 0.6) is 0 Å². The van der Waals surface area contributed by atoms with E-state index in [2.05, 4.69) is 31.3 Å². The topological polar surface area (TPSA) is 105 Å². The second-order valence-corrected chi connectivity index (χ2v) is 17.9. The van der Waals surface area contributed by atoms with Crippen molar-refractivity contribution in [2.75, 3.05) is 40.9 Å². The fraction of sp³-hybridized carbons (Fsp3) is 0.930. The summed E-state index contributed by atoms with van der Waals surface area (Å²) in [6.07, 6.45) is 39.4. The van der Waals surface area contributed by atoms with Gasteiger partial charge in [0.05, 0.1) is 39.9 Å². The first kappa shape index (κ1) is 51.2. The number of phosphoric acid groups is 1. The van der Waals surface area contributed by atoms with E-state index in [1.807, 2.05) is 21.1 Å². The van der Waals surface area contributed by atoms with Crippen LogP contribution in [0.4, 0.5) is 0 Å². The Morgan fingerprint density at radius 1 is 0.635 bits per heavy atom. The van der Waals surface area contributed by atoms with Crippen LogP contribution in [0.3, 0.4) is 0 Å². The van der Waals surface area contributed by atoms with Crippen LogP contribution in [0.15, 0.2) is 12.2 Å². The third-order valence-corrected chi connectivity index (χ3v) is 11.0. The normalized spacial score (nSPS) is 14.5. The van der Waals surface area contributed by atoms with Gasteiger partial charge in [0.2, 0.25) is 5.91 Å². The summed E-state index contributed by atoms with van der Waals surface area (Å²) in [6, 6.07) is -0.757. The van der Waals surface area contributed by atoms with Crippen LogP contribution >= 0.6 is 7.82 Å². The lowest BCUT2D eigenvalue weighted by Crippen LogP contribution is -2.46. The molecule has 0 saturated heterocycles. The van der Waals surface area contributed by atoms with Crippen molar-refractivity contribution in [3.63, 3.8) is 0 Å². The van der Waals surface area contributed by atoms with Gasteiger partial charge in [-0.1, -0.05) is 174 Å². The lowest BCUT2D eigenvalue weighted by atomic mass is 10.0. The molecule has 52 heavy (non-hydrogen) atoms. The van der Waals surface area contributed by atoms with E-state index in [0.29, 0.717) is 23.9 Å². The van der Waals surface area contributed by atoms with Gasteiger partial charge in [0, 0.05) is 6.42 Å². The van der Waals surface area contributed by atoms with Gasteiger partial charge in [-0.25, -0.2) is 4.57 Å². The molecule has 0 heterocycles. The first-order valence-electron chi connectivity index (χ1n) is 22.1. The zero-order valence-corrected chi connectivity index (χ0v) is 36.0. The number of phosphoric ester groups is 1. The first-order chi connectivity index (χ1) is 25.0. The third-order valence-electron chi connectivity index (χ3n) is 10.0. The fourth-order valence-corrected chi connectivity index (χ4v) is 7.19. The van der Waals surface area contributed by atoms with Gasteiger partial charge in [-0.15, -0.1) is 0 Å². The van der Waals surface area contributed by atoms with Crippen molar-refractivity contribution in [3.05, 3.63) is 12.2 Å². The summed E-state index contributed by atoms with van der Waals surface area (Å²) in [5.41, 5.74) is 0. The second kappa shape index (κ2) is 35.9. The molecule has 0 radical (unpaired) electrons. The smallest absolute Gasteiger partial charge is 0.391 e. The molecule has 310 valence electrons. The molecule has 3 atom stereocenters. The van der Waals surface area contributed by atoms with E-state index < -0.39 is 20.0 Å². The highest BCUT2D eigenvalue weighted by Gasteiger charge is 2.28. The molecule has 0 aromatic rings. The van der Waals surface area contributed by atoms with Crippen LogP contribution in [0.2, 0.25) is 0 Å². The molecule has 0 saturated carbocycles. The summed E-state index contributed by atoms with van der Waals surface area (Å²) in [6.45, 7) is 4.88. The first-order valence-corrected chi connectivity index (χ1v) is 23.5. The Morgan fingerprint density at radius 3 is 1.50 bits per heavy atom. The molecule has 0 aliphatic carbocycles. The summed E-state index contributed by atoms with van der Waals surface area (Å²) < 4.78 is 23.6. The third kappa shape index (κ3) is 37.6. The van der Waals surface area contributed by atoms with E-state index in [1.54, 1.807) is 0 Å². The number of carbonyl (C=O) groups is 1. The number of hydrogen-bond donors (Lipinski definition) is 3. The van der Waals surface area contributed by atoms with Crippen LogP contribution in [0.25, 0.3) is 0 Å². The zero-order chi connectivity index (χ0) is 38.6. The minimum Gasteiger partial charge on any atom is -0.391 e. The molecule has 3 N–H and O–H groups in total. The lowest BCUT2D eigenvalue weighted by Gasteiger charge is -2.26. The molecule has 0 rings (SSSR count). The largest absolute Gasteiger partial charge is 0.472 e. The molecule has 9 heteroatoms. The average molecular weight is 760 g/mol. The molecule has 0 aliphatic heterocycles. The lowest BCUT2D eigenvalue weighted by molar-refractivity contribution is -0.870. The molecular weight excluding hydrogens is 671 g/mol. The molecule has 0 spiro atoms. The van der Waals surface area contributed by atoms with E-state index in [4.69, 9.17) is 9.05 Å². The number of carbonyl (C=O) groups excluding carboxylic acids is 1. The van der Waals surface area contributed by atoms with Crippen molar-refractivity contribution >= 4 is 13.7 Å². The number of hydrogen-bond acceptors (Lipinski definition) is 5. The molecule has 0 bridgehead atoms. The quantitative estimate of drug-likeness (QED) is 0.0249. The number of rotatable bonds is 40. The molecule has 0 fully saturated rings. The number of likely N-dealkylation sites (N-methyl/N-ethyl adjacent to an activating group) is 1. The van der Waals surface area contributed by atoms with Crippen molar-refractivity contribution in [1.29, 1.82) is 0 Å². The highest BCUT2D eigenvalue weighted by atomic mass is 31.2. The van der Waals surface area contributed by atoms with Crippen LogP contribution in [-0.4, -0.2) is 73.4 Å². The summed E-state index contributed by atoms with van der Waals surface area (Å²) in [7, 11) is 1.62. The average Bonchev–Trinajstić information content (AvgIpc) is 3.09. The molecule has 0 aromatic carbocycles. The van der Waals surface area contributed by atoms with Gasteiger partial charge < -0.3 is 19.8 Å². The Balaban J connectivity index is 4.37. The Kier molecular flexibility index (Phi) is 35.4. The summed E-state index contributed by atoms with van der Waals surface area (Å²) in [4.78, 5) is 23.1. The van der Waals surface area contributed by atoms with Crippen molar-refractivity contribution in [2.45, 2.75) is 219 Å². The number of aliphatic hydroxyl groups is 1. The minimum absolute atomic E-state index is 0.0756. The summed E-state index contributed by atoms with van der Waals surface area (Å²) in [5.74, 6) is -0.149. The Labute approximate surface area is 322 Å².